The Labute approximate surface area is 190 Å². The summed E-state index contributed by atoms with van der Waals surface area (Å²) in [5, 5.41) is 10.6. The van der Waals surface area contributed by atoms with E-state index in [9.17, 15) is 4.79 Å². The molecule has 2 N–H and O–H groups in total. The van der Waals surface area contributed by atoms with Crippen LogP contribution in [-0.4, -0.2) is 65.4 Å². The summed E-state index contributed by atoms with van der Waals surface area (Å²) in [5.41, 5.74) is -0.487. The highest BCUT2D eigenvalue weighted by molar-refractivity contribution is 14.0. The molecule has 0 spiro atoms. The van der Waals surface area contributed by atoms with Gasteiger partial charge in [-0.2, -0.15) is 4.98 Å². The number of aliphatic imine (C=N–C) groups is 1. The van der Waals surface area contributed by atoms with Crippen LogP contribution in [0.4, 0.5) is 4.79 Å². The van der Waals surface area contributed by atoms with Crippen LogP contribution in [-0.2, 0) is 11.2 Å². The van der Waals surface area contributed by atoms with E-state index in [1.807, 2.05) is 34.6 Å². The van der Waals surface area contributed by atoms with Crippen molar-refractivity contribution < 1.29 is 14.1 Å². The minimum atomic E-state index is -0.487. The molecule has 1 unspecified atom stereocenters. The van der Waals surface area contributed by atoms with Gasteiger partial charge in [0.05, 0.1) is 0 Å². The maximum Gasteiger partial charge on any atom is 0.410 e. The van der Waals surface area contributed by atoms with Crippen molar-refractivity contribution in [3.8, 4) is 0 Å². The Morgan fingerprint density at radius 2 is 2.14 bits per heavy atom. The summed E-state index contributed by atoms with van der Waals surface area (Å²) in [7, 11) is 1.73. The number of likely N-dealkylation sites (tertiary alicyclic amines) is 1. The van der Waals surface area contributed by atoms with E-state index < -0.39 is 5.60 Å². The Balaban J connectivity index is 0.00000420. The van der Waals surface area contributed by atoms with E-state index in [0.717, 1.165) is 18.7 Å². The zero-order chi connectivity index (χ0) is 20.7. The van der Waals surface area contributed by atoms with Crippen LogP contribution in [0.2, 0.25) is 0 Å². The number of hydrogen-bond donors (Lipinski definition) is 2. The van der Waals surface area contributed by atoms with Crippen LogP contribution in [0.25, 0.3) is 0 Å². The van der Waals surface area contributed by atoms with Crippen LogP contribution < -0.4 is 10.6 Å². The lowest BCUT2D eigenvalue weighted by Crippen LogP contribution is -2.53. The molecule has 1 aliphatic heterocycles. The van der Waals surface area contributed by atoms with Crippen molar-refractivity contribution >= 4 is 36.0 Å². The molecular weight excluding hydrogens is 487 g/mol. The van der Waals surface area contributed by atoms with E-state index in [1.165, 1.54) is 0 Å². The fourth-order valence-electron chi connectivity index (χ4n) is 2.87. The SMILES string of the molecule is CN=C(NCCc1nc(C(C)C)no1)NC1CCCN(C(=O)OC(C)(C)C)C1.I. The van der Waals surface area contributed by atoms with Crippen LogP contribution in [0.1, 0.15) is 65.1 Å². The average molecular weight is 522 g/mol. The number of halogens is 1. The van der Waals surface area contributed by atoms with Crippen LogP contribution in [0.15, 0.2) is 9.52 Å². The number of aromatic nitrogens is 2. The molecule has 1 atom stereocenters. The van der Waals surface area contributed by atoms with Crippen molar-refractivity contribution in [2.24, 2.45) is 4.99 Å². The molecule has 166 valence electrons. The lowest BCUT2D eigenvalue weighted by Gasteiger charge is -2.35. The summed E-state index contributed by atoms with van der Waals surface area (Å²) in [4.78, 5) is 22.7. The van der Waals surface area contributed by atoms with Crippen molar-refractivity contribution in [3.63, 3.8) is 0 Å². The number of carbonyl (C=O) groups is 1. The number of amides is 1. The van der Waals surface area contributed by atoms with Crippen LogP contribution in [0, 0.1) is 0 Å². The first kappa shape index (κ1) is 25.4. The molecule has 1 fully saturated rings. The van der Waals surface area contributed by atoms with Crippen molar-refractivity contribution in [3.05, 3.63) is 11.7 Å². The first-order valence-electron chi connectivity index (χ1n) is 9.95. The van der Waals surface area contributed by atoms with Crippen LogP contribution >= 0.6 is 24.0 Å². The van der Waals surface area contributed by atoms with E-state index >= 15 is 0 Å². The third-order valence-electron chi connectivity index (χ3n) is 4.27. The van der Waals surface area contributed by atoms with Gasteiger partial charge >= 0.3 is 6.09 Å². The second kappa shape index (κ2) is 11.6. The molecule has 29 heavy (non-hydrogen) atoms. The molecule has 1 aliphatic rings. The minimum absolute atomic E-state index is 0. The van der Waals surface area contributed by atoms with E-state index in [4.69, 9.17) is 9.26 Å². The number of nitrogens with one attached hydrogen (secondary N) is 2. The minimum Gasteiger partial charge on any atom is -0.444 e. The van der Waals surface area contributed by atoms with Gasteiger partial charge in [-0.15, -0.1) is 24.0 Å². The highest BCUT2D eigenvalue weighted by Crippen LogP contribution is 2.15. The van der Waals surface area contributed by atoms with Gasteiger partial charge in [-0.1, -0.05) is 19.0 Å². The van der Waals surface area contributed by atoms with Crippen molar-refractivity contribution in [1.29, 1.82) is 0 Å². The predicted octanol–water partition coefficient (Wildman–Crippen LogP) is 2.92. The zero-order valence-electron chi connectivity index (χ0n) is 18.3. The van der Waals surface area contributed by atoms with Gasteiger partial charge in [0.1, 0.15) is 5.60 Å². The van der Waals surface area contributed by atoms with Gasteiger partial charge in [-0.3, -0.25) is 4.99 Å². The molecule has 0 bridgehead atoms. The first-order valence-corrected chi connectivity index (χ1v) is 9.95. The Hall–Kier alpha value is -1.59. The summed E-state index contributed by atoms with van der Waals surface area (Å²) < 4.78 is 10.7. The summed E-state index contributed by atoms with van der Waals surface area (Å²) in [5.74, 6) is 2.28. The fraction of sp³-hybridized carbons (Fsp3) is 0.789. The van der Waals surface area contributed by atoms with Crippen molar-refractivity contribution in [2.75, 3.05) is 26.7 Å². The summed E-state index contributed by atoms with van der Waals surface area (Å²) in [6.07, 6.45) is 2.25. The predicted molar refractivity (Wildman–Crippen MR) is 123 cm³/mol. The van der Waals surface area contributed by atoms with E-state index in [0.29, 0.717) is 37.9 Å². The molecular formula is C19H35IN6O3. The molecule has 1 saturated heterocycles. The molecule has 0 saturated carbocycles. The van der Waals surface area contributed by atoms with Gasteiger partial charge in [0.2, 0.25) is 5.89 Å². The first-order chi connectivity index (χ1) is 13.2. The molecule has 2 heterocycles. The van der Waals surface area contributed by atoms with Gasteiger partial charge < -0.3 is 24.8 Å². The van der Waals surface area contributed by atoms with Gasteiger partial charge in [-0.25, -0.2) is 4.79 Å². The second-order valence-corrected chi connectivity index (χ2v) is 8.36. The van der Waals surface area contributed by atoms with E-state index in [1.54, 1.807) is 11.9 Å². The number of nitrogens with zero attached hydrogens (tertiary/aromatic N) is 4. The van der Waals surface area contributed by atoms with E-state index in [2.05, 4.69) is 25.8 Å². The number of guanidine groups is 1. The molecule has 2 rings (SSSR count). The average Bonchev–Trinajstić information content (AvgIpc) is 3.09. The lowest BCUT2D eigenvalue weighted by molar-refractivity contribution is 0.0193. The van der Waals surface area contributed by atoms with Gasteiger partial charge in [0, 0.05) is 45.1 Å². The number of piperidine rings is 1. The maximum atomic E-state index is 12.3. The van der Waals surface area contributed by atoms with Crippen molar-refractivity contribution in [2.45, 2.75) is 71.4 Å². The molecule has 9 nitrogen and oxygen atoms in total. The number of carbonyl (C=O) groups excluding carboxylic acids is 1. The maximum absolute atomic E-state index is 12.3. The third-order valence-corrected chi connectivity index (χ3v) is 4.27. The zero-order valence-corrected chi connectivity index (χ0v) is 20.6. The van der Waals surface area contributed by atoms with Crippen LogP contribution in [0.3, 0.4) is 0 Å². The van der Waals surface area contributed by atoms with Crippen molar-refractivity contribution in [1.82, 2.24) is 25.7 Å². The molecule has 0 aromatic carbocycles. The number of hydrogen-bond acceptors (Lipinski definition) is 6. The van der Waals surface area contributed by atoms with Crippen LogP contribution in [0.5, 0.6) is 0 Å². The lowest BCUT2D eigenvalue weighted by atomic mass is 10.1. The normalized spacial score (nSPS) is 17.7. The highest BCUT2D eigenvalue weighted by Gasteiger charge is 2.28. The highest BCUT2D eigenvalue weighted by atomic mass is 127. The Morgan fingerprint density at radius 1 is 1.41 bits per heavy atom. The molecule has 10 heteroatoms. The van der Waals surface area contributed by atoms with Gasteiger partial charge in [-0.05, 0) is 33.6 Å². The topological polar surface area (TPSA) is 105 Å². The monoisotopic (exact) mass is 522 g/mol. The molecule has 0 radical (unpaired) electrons. The molecule has 1 aromatic rings. The summed E-state index contributed by atoms with van der Waals surface area (Å²) >= 11 is 0. The third kappa shape index (κ3) is 8.75. The van der Waals surface area contributed by atoms with Gasteiger partial charge in [0.25, 0.3) is 0 Å². The molecule has 0 aliphatic carbocycles. The number of rotatable bonds is 5. The largest absolute Gasteiger partial charge is 0.444 e. The van der Waals surface area contributed by atoms with E-state index in [-0.39, 0.29) is 42.0 Å². The second-order valence-electron chi connectivity index (χ2n) is 8.36. The Morgan fingerprint density at radius 3 is 2.72 bits per heavy atom. The smallest absolute Gasteiger partial charge is 0.410 e. The number of ether oxygens (including phenoxy) is 1. The Bertz CT molecular complexity index is 671. The molecule has 1 amide bonds. The summed E-state index contributed by atoms with van der Waals surface area (Å²) in [6.45, 7) is 11.6. The Kier molecular flexibility index (Phi) is 10.1. The summed E-state index contributed by atoms with van der Waals surface area (Å²) in [6, 6.07) is 0.128. The standard InChI is InChI=1S/C19H34N6O3.HI/c1-13(2)16-23-15(28-24-16)9-10-21-17(20-6)22-14-8-7-11-25(12-14)18(26)27-19(3,4)5;/h13-14H,7-12H2,1-6H3,(H2,20,21,22);1H. The molecule has 1 aromatic heterocycles. The fourth-order valence-corrected chi connectivity index (χ4v) is 2.87. The van der Waals surface area contributed by atoms with Gasteiger partial charge in [0.15, 0.2) is 11.8 Å². The quantitative estimate of drug-likeness (QED) is 0.348.